The lowest BCUT2D eigenvalue weighted by molar-refractivity contribution is -0.140. The normalized spacial score (nSPS) is 12.2. The van der Waals surface area contributed by atoms with Crippen molar-refractivity contribution in [3.8, 4) is 0 Å². The highest BCUT2D eigenvalue weighted by Gasteiger charge is 2.23. The van der Waals surface area contributed by atoms with Crippen LogP contribution in [0.15, 0.2) is 12.3 Å². The van der Waals surface area contributed by atoms with Gasteiger partial charge in [-0.2, -0.15) is 5.10 Å². The Morgan fingerprint density at radius 2 is 2.12 bits per heavy atom. The molecule has 1 atom stereocenters. The molecular weight excluding hydrogens is 224 g/mol. The maximum atomic E-state index is 11.5. The average molecular weight is 240 g/mol. The number of carboxylic acid groups (broad SMARTS) is 1. The van der Waals surface area contributed by atoms with Crippen molar-refractivity contribution in [2.45, 2.75) is 19.9 Å². The standard InChI is InChI=1S/C10H16N4O3/c1-6(2)8(9(15)16)12-10(17)11-7-4-5-14(3)13-7/h4-6,8H,1-3H3,(H,15,16)(H2,11,12,13,17)/t8-/m1/s1. The van der Waals surface area contributed by atoms with Crippen LogP contribution in [0.5, 0.6) is 0 Å². The van der Waals surface area contributed by atoms with E-state index in [4.69, 9.17) is 5.11 Å². The maximum absolute atomic E-state index is 11.5. The third kappa shape index (κ3) is 3.78. The summed E-state index contributed by atoms with van der Waals surface area (Å²) in [6.07, 6.45) is 1.67. The quantitative estimate of drug-likeness (QED) is 0.720. The number of carbonyl (C=O) groups excluding carboxylic acids is 1. The van der Waals surface area contributed by atoms with Gasteiger partial charge in [0.05, 0.1) is 0 Å². The van der Waals surface area contributed by atoms with Crippen LogP contribution in [0, 0.1) is 5.92 Å². The number of hydrogen-bond donors (Lipinski definition) is 3. The molecule has 0 aliphatic heterocycles. The van der Waals surface area contributed by atoms with Gasteiger partial charge in [-0.1, -0.05) is 13.8 Å². The summed E-state index contributed by atoms with van der Waals surface area (Å²) in [5, 5.41) is 17.7. The Balaban J connectivity index is 2.56. The second-order valence-corrected chi connectivity index (χ2v) is 4.03. The number of urea groups is 1. The van der Waals surface area contributed by atoms with Crippen molar-refractivity contribution in [3.63, 3.8) is 0 Å². The number of nitrogens with one attached hydrogen (secondary N) is 2. The van der Waals surface area contributed by atoms with Crippen LogP contribution in [-0.4, -0.2) is 32.9 Å². The summed E-state index contributed by atoms with van der Waals surface area (Å²) in [6.45, 7) is 3.44. The molecule has 7 heteroatoms. The maximum Gasteiger partial charge on any atom is 0.326 e. The third-order valence-electron chi connectivity index (χ3n) is 2.17. The van der Waals surface area contributed by atoms with Crippen LogP contribution in [0.1, 0.15) is 13.8 Å². The lowest BCUT2D eigenvalue weighted by atomic mass is 10.1. The van der Waals surface area contributed by atoms with Gasteiger partial charge in [-0.05, 0) is 5.92 Å². The van der Waals surface area contributed by atoms with E-state index in [-0.39, 0.29) is 5.92 Å². The van der Waals surface area contributed by atoms with Gasteiger partial charge in [0, 0.05) is 19.3 Å². The fourth-order valence-electron chi connectivity index (χ4n) is 1.29. The molecule has 7 nitrogen and oxygen atoms in total. The predicted octanol–water partition coefficient (Wildman–Crippen LogP) is 0.651. The molecule has 17 heavy (non-hydrogen) atoms. The van der Waals surface area contributed by atoms with Gasteiger partial charge in [0.2, 0.25) is 0 Å². The molecule has 0 aliphatic carbocycles. The van der Waals surface area contributed by atoms with E-state index < -0.39 is 18.0 Å². The largest absolute Gasteiger partial charge is 0.480 e. The van der Waals surface area contributed by atoms with Gasteiger partial charge in [-0.25, -0.2) is 9.59 Å². The zero-order valence-corrected chi connectivity index (χ0v) is 9.97. The molecule has 0 saturated heterocycles. The van der Waals surface area contributed by atoms with E-state index in [1.54, 1.807) is 33.2 Å². The second kappa shape index (κ2) is 5.33. The van der Waals surface area contributed by atoms with Crippen LogP contribution < -0.4 is 10.6 Å². The number of amides is 2. The molecule has 0 fully saturated rings. The van der Waals surface area contributed by atoms with Crippen molar-refractivity contribution in [1.82, 2.24) is 15.1 Å². The average Bonchev–Trinajstić information content (AvgIpc) is 2.59. The van der Waals surface area contributed by atoms with Crippen molar-refractivity contribution >= 4 is 17.8 Å². The van der Waals surface area contributed by atoms with Gasteiger partial charge in [0.15, 0.2) is 5.82 Å². The Kier molecular flexibility index (Phi) is 4.08. The molecular formula is C10H16N4O3. The summed E-state index contributed by atoms with van der Waals surface area (Å²) in [5.41, 5.74) is 0. The predicted molar refractivity (Wildman–Crippen MR) is 61.6 cm³/mol. The molecule has 0 saturated carbocycles. The summed E-state index contributed by atoms with van der Waals surface area (Å²) >= 11 is 0. The topological polar surface area (TPSA) is 96.3 Å². The van der Waals surface area contributed by atoms with Crippen molar-refractivity contribution < 1.29 is 14.7 Å². The Bertz CT molecular complexity index is 413. The number of carboxylic acids is 1. The van der Waals surface area contributed by atoms with Crippen LogP contribution in [0.4, 0.5) is 10.6 Å². The number of hydrogen-bond acceptors (Lipinski definition) is 3. The number of nitrogens with zero attached hydrogens (tertiary/aromatic N) is 2. The Morgan fingerprint density at radius 3 is 2.53 bits per heavy atom. The van der Waals surface area contributed by atoms with Gasteiger partial charge in [0.25, 0.3) is 0 Å². The highest BCUT2D eigenvalue weighted by atomic mass is 16.4. The zero-order valence-electron chi connectivity index (χ0n) is 9.97. The van der Waals surface area contributed by atoms with Gasteiger partial charge in [-0.15, -0.1) is 0 Å². The number of carbonyl (C=O) groups is 2. The molecule has 1 aromatic rings. The van der Waals surface area contributed by atoms with Gasteiger partial charge in [-0.3, -0.25) is 10.00 Å². The molecule has 0 radical (unpaired) electrons. The van der Waals surface area contributed by atoms with Crippen LogP contribution >= 0.6 is 0 Å². The smallest absolute Gasteiger partial charge is 0.326 e. The first kappa shape index (κ1) is 13.0. The van der Waals surface area contributed by atoms with Crippen molar-refractivity contribution in [2.24, 2.45) is 13.0 Å². The summed E-state index contributed by atoms with van der Waals surface area (Å²) in [4.78, 5) is 22.4. The minimum Gasteiger partial charge on any atom is -0.480 e. The molecule has 0 unspecified atom stereocenters. The van der Waals surface area contributed by atoms with Crippen molar-refractivity contribution in [2.75, 3.05) is 5.32 Å². The molecule has 3 N–H and O–H groups in total. The van der Waals surface area contributed by atoms with Crippen LogP contribution in [0.2, 0.25) is 0 Å². The first-order valence-corrected chi connectivity index (χ1v) is 5.20. The van der Waals surface area contributed by atoms with E-state index in [1.807, 2.05) is 0 Å². The first-order chi connectivity index (χ1) is 7.90. The lowest BCUT2D eigenvalue weighted by Gasteiger charge is -2.17. The minimum atomic E-state index is -1.06. The van der Waals surface area contributed by atoms with Crippen molar-refractivity contribution in [1.29, 1.82) is 0 Å². The minimum absolute atomic E-state index is 0.193. The summed E-state index contributed by atoms with van der Waals surface area (Å²) in [5.74, 6) is -0.879. The molecule has 1 aromatic heterocycles. The summed E-state index contributed by atoms with van der Waals surface area (Å²) in [6, 6.07) is 0.119. The van der Waals surface area contributed by atoms with Crippen LogP contribution in [0.3, 0.4) is 0 Å². The Morgan fingerprint density at radius 1 is 1.47 bits per heavy atom. The summed E-state index contributed by atoms with van der Waals surface area (Å²) < 4.78 is 1.53. The van der Waals surface area contributed by atoms with Gasteiger partial charge < -0.3 is 10.4 Å². The molecule has 1 rings (SSSR count). The molecule has 0 spiro atoms. The monoisotopic (exact) mass is 240 g/mol. The molecule has 1 heterocycles. The first-order valence-electron chi connectivity index (χ1n) is 5.20. The SMILES string of the molecule is CC(C)[C@@H](NC(=O)Nc1ccn(C)n1)C(=O)O. The Hall–Kier alpha value is -2.05. The fourth-order valence-corrected chi connectivity index (χ4v) is 1.29. The second-order valence-electron chi connectivity index (χ2n) is 4.03. The van der Waals surface area contributed by atoms with Crippen molar-refractivity contribution in [3.05, 3.63) is 12.3 Å². The van der Waals surface area contributed by atoms with E-state index in [2.05, 4.69) is 15.7 Å². The number of aryl methyl sites for hydroxylation is 1. The van der Waals surface area contributed by atoms with E-state index in [0.29, 0.717) is 5.82 Å². The van der Waals surface area contributed by atoms with Crippen LogP contribution in [0.25, 0.3) is 0 Å². The number of aromatic nitrogens is 2. The molecule has 0 bridgehead atoms. The van der Waals surface area contributed by atoms with E-state index in [0.717, 1.165) is 0 Å². The molecule has 0 aliphatic rings. The molecule has 94 valence electrons. The van der Waals surface area contributed by atoms with Crippen LogP contribution in [-0.2, 0) is 11.8 Å². The van der Waals surface area contributed by atoms with E-state index >= 15 is 0 Å². The lowest BCUT2D eigenvalue weighted by Crippen LogP contribution is -2.46. The zero-order chi connectivity index (χ0) is 13.0. The number of aliphatic carboxylic acids is 1. The Labute approximate surface area is 98.8 Å². The number of anilines is 1. The number of rotatable bonds is 4. The van der Waals surface area contributed by atoms with E-state index in [1.165, 1.54) is 4.68 Å². The molecule has 2 amide bonds. The molecule has 0 aromatic carbocycles. The highest BCUT2D eigenvalue weighted by Crippen LogP contribution is 2.04. The fraction of sp³-hybridized carbons (Fsp3) is 0.500. The summed E-state index contributed by atoms with van der Waals surface area (Å²) in [7, 11) is 1.72. The highest BCUT2D eigenvalue weighted by molar-refractivity contribution is 5.91. The van der Waals surface area contributed by atoms with Gasteiger partial charge >= 0.3 is 12.0 Å². The van der Waals surface area contributed by atoms with E-state index in [9.17, 15) is 9.59 Å². The van der Waals surface area contributed by atoms with Gasteiger partial charge in [0.1, 0.15) is 6.04 Å². The third-order valence-corrected chi connectivity index (χ3v) is 2.17.